The molecular weight excluding hydrogens is 464 g/mol. The number of hydrogen-bond acceptors (Lipinski definition) is 5. The zero-order chi connectivity index (χ0) is 27.1. The van der Waals surface area contributed by atoms with Gasteiger partial charge in [0.1, 0.15) is 6.10 Å². The highest BCUT2D eigenvalue weighted by atomic mass is 16.5. The molecule has 3 N–H and O–H groups in total. The zero-order valence-corrected chi connectivity index (χ0v) is 24.2. The summed E-state index contributed by atoms with van der Waals surface area (Å²) >= 11 is 0. The van der Waals surface area contributed by atoms with Crippen LogP contribution in [0.5, 0.6) is 0 Å². The number of hydrogen-bond donors (Lipinski definition) is 3. The second-order valence-electron chi connectivity index (χ2n) is 14.8. The van der Waals surface area contributed by atoms with Crippen LogP contribution < -0.4 is 0 Å². The Labute approximate surface area is 224 Å². The zero-order valence-electron chi connectivity index (χ0n) is 24.2. The smallest absolute Gasteiger partial charge is 0.302 e. The average Bonchev–Trinajstić information content (AvgIpc) is 3.40. The quantitative estimate of drug-likeness (QED) is 0.327. The van der Waals surface area contributed by atoms with Crippen molar-refractivity contribution in [3.8, 4) is 0 Å². The molecule has 0 aromatic rings. The van der Waals surface area contributed by atoms with Crippen molar-refractivity contribution in [2.45, 2.75) is 112 Å². The maximum Gasteiger partial charge on any atom is 0.302 e. The molecule has 4 saturated carbocycles. The predicted octanol–water partition coefficient (Wildman–Crippen LogP) is 5.37. The van der Waals surface area contributed by atoms with Crippen LogP contribution in [0.3, 0.4) is 0 Å². The van der Waals surface area contributed by atoms with Gasteiger partial charge in [-0.25, -0.2) is 0 Å². The van der Waals surface area contributed by atoms with Crippen molar-refractivity contribution in [2.24, 2.45) is 63.6 Å². The Hall–Kier alpha value is -0.910. The minimum atomic E-state index is -0.575. The van der Waals surface area contributed by atoms with Gasteiger partial charge in [0.05, 0.1) is 18.8 Å². The van der Waals surface area contributed by atoms with Crippen LogP contribution in [0.4, 0.5) is 0 Å². The van der Waals surface area contributed by atoms with Crippen LogP contribution in [0, 0.1) is 63.6 Å². The summed E-state index contributed by atoms with van der Waals surface area (Å²) in [6, 6.07) is 0. The SMILES string of the molecule is CC(=O)O[C@@H]1CC2[C@@H](C(O)C=C3C[C@@H](O)CC[C@@]32CO)C2CCC(C(C)[C@H]3C[C@]3(C)C(C)C(C)C)[C@]21C. The number of carbonyl (C=O) groups excluding carboxylic acids is 1. The maximum absolute atomic E-state index is 12.5. The van der Waals surface area contributed by atoms with Crippen LogP contribution in [0.2, 0.25) is 0 Å². The molecule has 4 fully saturated rings. The van der Waals surface area contributed by atoms with Gasteiger partial charge in [-0.3, -0.25) is 4.79 Å². The van der Waals surface area contributed by atoms with Gasteiger partial charge < -0.3 is 20.1 Å². The second-order valence-corrected chi connectivity index (χ2v) is 14.8. The molecule has 5 aliphatic carbocycles. The Kier molecular flexibility index (Phi) is 6.98. The van der Waals surface area contributed by atoms with E-state index in [1.54, 1.807) is 0 Å². The Morgan fingerprint density at radius 3 is 2.41 bits per heavy atom. The van der Waals surface area contributed by atoms with E-state index >= 15 is 0 Å². The molecule has 0 aromatic carbocycles. The molecule has 0 bridgehead atoms. The summed E-state index contributed by atoms with van der Waals surface area (Å²) in [4.78, 5) is 12.5. The largest absolute Gasteiger partial charge is 0.462 e. The highest BCUT2D eigenvalue weighted by molar-refractivity contribution is 5.66. The normalized spacial score (nSPS) is 50.4. The summed E-state index contributed by atoms with van der Waals surface area (Å²) in [5.74, 6) is 3.16. The van der Waals surface area contributed by atoms with E-state index in [0.29, 0.717) is 54.3 Å². The first kappa shape index (κ1) is 27.6. The summed E-state index contributed by atoms with van der Waals surface area (Å²) in [5.41, 5.74) is 0.789. The molecular formula is C32H52O5. The molecule has 13 atom stereocenters. The van der Waals surface area contributed by atoms with Gasteiger partial charge >= 0.3 is 5.97 Å². The van der Waals surface area contributed by atoms with Crippen molar-refractivity contribution in [1.82, 2.24) is 0 Å². The highest BCUT2D eigenvalue weighted by Crippen LogP contribution is 2.71. The van der Waals surface area contributed by atoms with Crippen molar-refractivity contribution < 1.29 is 24.9 Å². The fourth-order valence-electron chi connectivity index (χ4n) is 10.7. The topological polar surface area (TPSA) is 87.0 Å². The third-order valence-corrected chi connectivity index (χ3v) is 13.2. The van der Waals surface area contributed by atoms with E-state index in [1.807, 2.05) is 6.08 Å². The minimum absolute atomic E-state index is 0.0308. The highest BCUT2D eigenvalue weighted by Gasteiger charge is 2.68. The van der Waals surface area contributed by atoms with Crippen LogP contribution in [-0.4, -0.2) is 46.2 Å². The third-order valence-electron chi connectivity index (χ3n) is 13.2. The first-order valence-corrected chi connectivity index (χ1v) is 15.2. The molecule has 6 unspecified atom stereocenters. The molecule has 210 valence electrons. The van der Waals surface area contributed by atoms with E-state index in [1.165, 1.54) is 13.3 Å². The molecule has 0 heterocycles. The fraction of sp³-hybridized carbons (Fsp3) is 0.906. The van der Waals surface area contributed by atoms with Crippen LogP contribution in [0.25, 0.3) is 0 Å². The van der Waals surface area contributed by atoms with E-state index in [-0.39, 0.29) is 41.8 Å². The van der Waals surface area contributed by atoms with E-state index in [9.17, 15) is 20.1 Å². The van der Waals surface area contributed by atoms with Gasteiger partial charge in [-0.15, -0.1) is 0 Å². The Balaban J connectivity index is 1.51. The summed E-state index contributed by atoms with van der Waals surface area (Å²) in [7, 11) is 0. The Morgan fingerprint density at radius 1 is 1.08 bits per heavy atom. The number of aliphatic hydroxyl groups excluding tert-OH is 3. The molecule has 5 aliphatic rings. The third kappa shape index (κ3) is 3.99. The van der Waals surface area contributed by atoms with E-state index < -0.39 is 17.6 Å². The van der Waals surface area contributed by atoms with Gasteiger partial charge in [0.15, 0.2) is 0 Å². The van der Waals surface area contributed by atoms with Gasteiger partial charge in [-0.2, -0.15) is 0 Å². The lowest BCUT2D eigenvalue weighted by atomic mass is 9.45. The van der Waals surface area contributed by atoms with Crippen molar-refractivity contribution in [2.75, 3.05) is 6.61 Å². The van der Waals surface area contributed by atoms with Gasteiger partial charge in [0.2, 0.25) is 0 Å². The standard InChI is InChI=1S/C32H52O5/c1-17(2)19(4)30(6)15-26(30)18(3)23-8-9-24-29-25(14-28(31(23,24)7)37-20(5)34)32(16-33)11-10-22(35)12-21(32)13-27(29)36/h13,17-19,22-29,33,35-36H,8-12,14-16H2,1-7H3/t18?,19?,22-,23?,24?,25?,26+,27?,28+,29-,30+,31+,32+/m0/s1. The van der Waals surface area contributed by atoms with E-state index in [4.69, 9.17) is 4.74 Å². The number of esters is 1. The lowest BCUT2D eigenvalue weighted by molar-refractivity contribution is -0.192. The molecule has 0 radical (unpaired) electrons. The lowest BCUT2D eigenvalue weighted by Crippen LogP contribution is -2.61. The first-order valence-electron chi connectivity index (χ1n) is 15.2. The molecule has 0 saturated heterocycles. The summed E-state index contributed by atoms with van der Waals surface area (Å²) in [6.45, 7) is 16.0. The monoisotopic (exact) mass is 516 g/mol. The van der Waals surface area contributed by atoms with Crippen LogP contribution in [0.1, 0.15) is 93.4 Å². The molecule has 5 heteroatoms. The molecule has 0 aliphatic heterocycles. The van der Waals surface area contributed by atoms with Gasteiger partial charge in [0, 0.05) is 17.8 Å². The molecule has 0 spiro atoms. The van der Waals surface area contributed by atoms with Crippen LogP contribution in [-0.2, 0) is 9.53 Å². The van der Waals surface area contributed by atoms with Gasteiger partial charge in [0.25, 0.3) is 0 Å². The maximum atomic E-state index is 12.5. The van der Waals surface area contributed by atoms with Crippen molar-refractivity contribution >= 4 is 5.97 Å². The molecule has 5 nitrogen and oxygen atoms in total. The molecule has 37 heavy (non-hydrogen) atoms. The van der Waals surface area contributed by atoms with Crippen molar-refractivity contribution in [3.05, 3.63) is 11.6 Å². The van der Waals surface area contributed by atoms with Crippen molar-refractivity contribution in [3.63, 3.8) is 0 Å². The fourth-order valence-corrected chi connectivity index (χ4v) is 10.7. The number of rotatable bonds is 6. The van der Waals surface area contributed by atoms with Crippen molar-refractivity contribution in [1.29, 1.82) is 0 Å². The predicted molar refractivity (Wildman–Crippen MR) is 144 cm³/mol. The number of carbonyl (C=O) groups is 1. The minimum Gasteiger partial charge on any atom is -0.462 e. The number of ether oxygens (including phenoxy) is 1. The summed E-state index contributed by atoms with van der Waals surface area (Å²) in [5, 5.41) is 32.8. The van der Waals surface area contributed by atoms with Gasteiger partial charge in [-0.05, 0) is 97.7 Å². The van der Waals surface area contributed by atoms with Gasteiger partial charge in [-0.1, -0.05) is 53.2 Å². The molecule has 5 rings (SSSR count). The number of aliphatic hydroxyl groups is 3. The van der Waals surface area contributed by atoms with Crippen LogP contribution in [0.15, 0.2) is 11.6 Å². The molecule has 0 aromatic heterocycles. The molecule has 0 amide bonds. The first-order chi connectivity index (χ1) is 17.3. The number of fused-ring (bicyclic) bond motifs is 5. The van der Waals surface area contributed by atoms with Crippen LogP contribution >= 0.6 is 0 Å². The lowest BCUT2D eigenvalue weighted by Gasteiger charge is -2.61. The summed E-state index contributed by atoms with van der Waals surface area (Å²) < 4.78 is 6.23. The summed E-state index contributed by atoms with van der Waals surface area (Å²) in [6.07, 6.45) is 6.84. The second kappa shape index (κ2) is 9.34. The average molecular weight is 517 g/mol. The Bertz CT molecular complexity index is 928. The van der Waals surface area contributed by atoms with E-state index in [0.717, 1.165) is 24.8 Å². The Morgan fingerprint density at radius 2 is 1.78 bits per heavy atom. The van der Waals surface area contributed by atoms with E-state index in [2.05, 4.69) is 41.5 Å².